The summed E-state index contributed by atoms with van der Waals surface area (Å²) in [5.41, 5.74) is 0.682. The van der Waals surface area contributed by atoms with Crippen LogP contribution in [0.2, 0.25) is 0 Å². The summed E-state index contributed by atoms with van der Waals surface area (Å²) in [5.74, 6) is 0.707. The predicted octanol–water partition coefficient (Wildman–Crippen LogP) is 3.07. The summed E-state index contributed by atoms with van der Waals surface area (Å²) >= 11 is 17.6. The van der Waals surface area contributed by atoms with Crippen molar-refractivity contribution in [2.24, 2.45) is 0 Å². The third-order valence-corrected chi connectivity index (χ3v) is 3.06. The molecule has 0 heterocycles. The molecule has 2 N–H and O–H groups in total. The van der Waals surface area contributed by atoms with Gasteiger partial charge in [0.1, 0.15) is 11.9 Å². The summed E-state index contributed by atoms with van der Waals surface area (Å²) in [6.45, 7) is 0. The molecule has 112 valence electrons. The van der Waals surface area contributed by atoms with Crippen LogP contribution in [0.1, 0.15) is 0 Å². The maximum absolute atomic E-state index is 11.7. The van der Waals surface area contributed by atoms with Crippen molar-refractivity contribution >= 4 is 46.5 Å². The Morgan fingerprint density at radius 3 is 2.20 bits per heavy atom. The van der Waals surface area contributed by atoms with Crippen LogP contribution in [0.5, 0.6) is 5.75 Å². The molecule has 20 heavy (non-hydrogen) atoms. The van der Waals surface area contributed by atoms with E-state index in [0.29, 0.717) is 11.4 Å². The predicted molar refractivity (Wildman–Crippen MR) is 82.9 cm³/mol. The van der Waals surface area contributed by atoms with Gasteiger partial charge >= 0.3 is 6.03 Å². The van der Waals surface area contributed by atoms with Crippen molar-refractivity contribution in [3.05, 3.63) is 24.3 Å². The Morgan fingerprint density at radius 1 is 1.25 bits per heavy atom. The highest BCUT2D eigenvalue weighted by Gasteiger charge is 2.34. The first-order chi connectivity index (χ1) is 9.24. The number of methoxy groups -OCH3 is 1. The lowest BCUT2D eigenvalue weighted by Crippen LogP contribution is -2.52. The molecule has 0 saturated carbocycles. The van der Waals surface area contributed by atoms with Crippen molar-refractivity contribution in [1.82, 2.24) is 10.2 Å². The second kappa shape index (κ2) is 7.11. The molecular weight excluding hydrogens is 325 g/mol. The molecule has 0 radical (unpaired) electrons. The number of anilines is 1. The number of nitrogens with zero attached hydrogens (tertiary/aromatic N) is 1. The number of carbonyl (C=O) groups excluding carboxylic acids is 1. The Balaban J connectivity index is 2.81. The molecule has 0 aliphatic rings. The van der Waals surface area contributed by atoms with Crippen molar-refractivity contribution in [1.29, 1.82) is 0 Å². The lowest BCUT2D eigenvalue weighted by atomic mass is 10.3. The summed E-state index contributed by atoms with van der Waals surface area (Å²) < 4.78 is 3.35. The van der Waals surface area contributed by atoms with Crippen LogP contribution in [0.4, 0.5) is 10.5 Å². The van der Waals surface area contributed by atoms with E-state index in [4.69, 9.17) is 39.5 Å². The number of carbonyl (C=O) groups is 1. The van der Waals surface area contributed by atoms with Gasteiger partial charge in [0.25, 0.3) is 0 Å². The number of urea groups is 1. The Kier molecular flexibility index (Phi) is 6.05. The Hall–Kier alpha value is -1.04. The monoisotopic (exact) mass is 339 g/mol. The largest absolute Gasteiger partial charge is 0.497 e. The second-order valence-electron chi connectivity index (χ2n) is 4.19. The normalized spacial score (nSPS) is 12.5. The molecule has 1 rings (SSSR count). The van der Waals surface area contributed by atoms with Crippen molar-refractivity contribution in [3.63, 3.8) is 0 Å². The minimum absolute atomic E-state index is 0.373. The molecule has 1 atom stereocenters. The molecule has 0 spiro atoms. The number of benzene rings is 1. The van der Waals surface area contributed by atoms with Gasteiger partial charge in [-0.3, -0.25) is 0 Å². The molecule has 0 aromatic heterocycles. The smallest absolute Gasteiger partial charge is 0.318 e. The molecule has 0 aliphatic heterocycles. The average molecular weight is 341 g/mol. The van der Waals surface area contributed by atoms with Gasteiger partial charge in [-0.25, -0.2) is 4.79 Å². The molecule has 0 saturated heterocycles. The summed E-state index contributed by atoms with van der Waals surface area (Å²) in [4.78, 5) is 13.0. The number of hydrogen-bond acceptors (Lipinski definition) is 3. The first-order valence-corrected chi connectivity index (χ1v) is 6.82. The van der Waals surface area contributed by atoms with Gasteiger partial charge in [0.05, 0.1) is 7.11 Å². The van der Waals surface area contributed by atoms with E-state index in [1.807, 2.05) is 0 Å². The molecule has 5 nitrogen and oxygen atoms in total. The third-order valence-electron chi connectivity index (χ3n) is 2.40. The molecule has 0 fully saturated rings. The zero-order valence-corrected chi connectivity index (χ0v) is 13.6. The van der Waals surface area contributed by atoms with Crippen molar-refractivity contribution in [2.45, 2.75) is 9.96 Å². The van der Waals surface area contributed by atoms with E-state index in [1.165, 1.54) is 4.90 Å². The van der Waals surface area contributed by atoms with Crippen LogP contribution < -0.4 is 15.4 Å². The Morgan fingerprint density at radius 2 is 1.80 bits per heavy atom. The van der Waals surface area contributed by atoms with E-state index in [0.717, 1.165) is 0 Å². The van der Waals surface area contributed by atoms with E-state index in [-0.39, 0.29) is 6.03 Å². The van der Waals surface area contributed by atoms with E-state index in [1.54, 1.807) is 45.5 Å². The van der Waals surface area contributed by atoms with Crippen LogP contribution in [-0.4, -0.2) is 42.1 Å². The summed E-state index contributed by atoms with van der Waals surface area (Å²) in [7, 11) is 4.76. The van der Waals surface area contributed by atoms with E-state index >= 15 is 0 Å². The van der Waals surface area contributed by atoms with Gasteiger partial charge in [0.15, 0.2) is 0 Å². The molecule has 8 heteroatoms. The van der Waals surface area contributed by atoms with Gasteiger partial charge in [-0.15, -0.1) is 0 Å². The van der Waals surface area contributed by atoms with E-state index in [2.05, 4.69) is 10.6 Å². The van der Waals surface area contributed by atoms with Crippen molar-refractivity contribution in [3.8, 4) is 5.75 Å². The van der Waals surface area contributed by atoms with Crippen LogP contribution in [-0.2, 0) is 0 Å². The maximum Gasteiger partial charge on any atom is 0.318 e. The summed E-state index contributed by atoms with van der Waals surface area (Å²) in [6, 6.07) is 6.65. The van der Waals surface area contributed by atoms with Crippen LogP contribution in [0, 0.1) is 0 Å². The molecular formula is C12H16Cl3N3O2. The molecule has 0 aliphatic carbocycles. The highest BCUT2D eigenvalue weighted by Crippen LogP contribution is 2.31. The average Bonchev–Trinajstić information content (AvgIpc) is 2.37. The van der Waals surface area contributed by atoms with Crippen LogP contribution in [0.3, 0.4) is 0 Å². The highest BCUT2D eigenvalue weighted by atomic mass is 35.6. The molecule has 2 amide bonds. The minimum atomic E-state index is -1.70. The fraction of sp³-hybridized carbons (Fsp3) is 0.417. The van der Waals surface area contributed by atoms with Gasteiger partial charge < -0.3 is 20.3 Å². The van der Waals surface area contributed by atoms with Gasteiger partial charge in [0, 0.05) is 19.8 Å². The zero-order chi connectivity index (χ0) is 15.3. The Bertz CT molecular complexity index is 446. The third kappa shape index (κ3) is 5.15. The lowest BCUT2D eigenvalue weighted by molar-refractivity contribution is 0.214. The van der Waals surface area contributed by atoms with E-state index < -0.39 is 9.96 Å². The lowest BCUT2D eigenvalue weighted by Gasteiger charge is -2.28. The van der Waals surface area contributed by atoms with Gasteiger partial charge in [0.2, 0.25) is 3.79 Å². The zero-order valence-electron chi connectivity index (χ0n) is 11.3. The number of rotatable bonds is 4. The fourth-order valence-electron chi connectivity index (χ4n) is 1.31. The first kappa shape index (κ1) is 17.0. The van der Waals surface area contributed by atoms with Crippen molar-refractivity contribution < 1.29 is 9.53 Å². The van der Waals surface area contributed by atoms with Crippen LogP contribution in [0.15, 0.2) is 24.3 Å². The molecule has 1 aromatic rings. The van der Waals surface area contributed by atoms with Crippen molar-refractivity contribution in [2.75, 3.05) is 26.5 Å². The van der Waals surface area contributed by atoms with E-state index in [9.17, 15) is 4.79 Å². The number of amides is 2. The topological polar surface area (TPSA) is 53.6 Å². The number of nitrogens with one attached hydrogen (secondary N) is 2. The number of alkyl halides is 3. The maximum atomic E-state index is 11.7. The van der Waals surface area contributed by atoms with Gasteiger partial charge in [-0.2, -0.15) is 0 Å². The number of ether oxygens (including phenoxy) is 1. The Labute approximate surface area is 133 Å². The first-order valence-electron chi connectivity index (χ1n) is 5.69. The molecule has 1 unspecified atom stereocenters. The van der Waals surface area contributed by atoms with Crippen LogP contribution in [0.25, 0.3) is 0 Å². The SMILES string of the molecule is COc1ccc(NC(NC(=O)N(C)C)C(Cl)(Cl)Cl)cc1. The fourth-order valence-corrected chi connectivity index (χ4v) is 1.63. The van der Waals surface area contributed by atoms with Gasteiger partial charge in [-0.05, 0) is 24.3 Å². The molecule has 1 aromatic carbocycles. The highest BCUT2D eigenvalue weighted by molar-refractivity contribution is 6.68. The second-order valence-corrected chi connectivity index (χ2v) is 6.56. The quantitative estimate of drug-likeness (QED) is 0.654. The molecule has 0 bridgehead atoms. The summed E-state index contributed by atoms with van der Waals surface area (Å²) in [5, 5.41) is 5.53. The summed E-state index contributed by atoms with van der Waals surface area (Å²) in [6.07, 6.45) is -0.879. The number of hydrogen-bond donors (Lipinski definition) is 2. The van der Waals surface area contributed by atoms with Gasteiger partial charge in [-0.1, -0.05) is 34.8 Å². The van der Waals surface area contributed by atoms with Crippen LogP contribution >= 0.6 is 34.8 Å². The minimum Gasteiger partial charge on any atom is -0.497 e. The standard InChI is InChI=1S/C12H16Cl3N3O2/c1-18(2)11(19)17-10(12(13,14)15)16-8-4-6-9(20-3)7-5-8/h4-7,10,16H,1-3H3,(H,17,19). The number of halogens is 3.